The number of carbonyl (C=O) groups is 2. The molecule has 0 saturated carbocycles. The molecule has 0 atom stereocenters. The molecule has 7 heteroatoms. The molecule has 1 saturated heterocycles. The highest BCUT2D eigenvalue weighted by Crippen LogP contribution is 2.21. The highest BCUT2D eigenvalue weighted by molar-refractivity contribution is 5.96. The summed E-state index contributed by atoms with van der Waals surface area (Å²) in [6, 6.07) is 15.7. The summed E-state index contributed by atoms with van der Waals surface area (Å²) in [5.41, 5.74) is 1.54. The molecule has 2 aromatic carbocycles. The molecule has 0 spiro atoms. The number of nitrogens with zero attached hydrogens (tertiary/aromatic N) is 2. The summed E-state index contributed by atoms with van der Waals surface area (Å²) in [4.78, 5) is 36.4. The summed E-state index contributed by atoms with van der Waals surface area (Å²) in [6.07, 6.45) is 2.94. The van der Waals surface area contributed by atoms with Crippen LogP contribution in [0.4, 0.5) is 5.69 Å². The third kappa shape index (κ3) is 5.16. The molecule has 0 aromatic heterocycles. The minimum absolute atomic E-state index is 0.0703. The van der Waals surface area contributed by atoms with E-state index in [1.54, 1.807) is 4.90 Å². The van der Waals surface area contributed by atoms with Crippen LogP contribution in [0.25, 0.3) is 0 Å². The van der Waals surface area contributed by atoms with E-state index < -0.39 is 10.8 Å². The molecule has 1 aliphatic rings. The molecule has 1 N–H and O–H groups in total. The summed E-state index contributed by atoms with van der Waals surface area (Å²) in [7, 11) is 0. The molecule has 1 aliphatic heterocycles. The number of nitro groups is 1. The molecule has 0 unspecified atom stereocenters. The zero-order chi connectivity index (χ0) is 19.9. The number of carbonyl (C=O) groups excluding carboxylic acids is 2. The molecule has 28 heavy (non-hydrogen) atoms. The van der Waals surface area contributed by atoms with E-state index in [2.05, 4.69) is 17.4 Å². The molecule has 7 nitrogen and oxygen atoms in total. The van der Waals surface area contributed by atoms with Crippen LogP contribution in [0.15, 0.2) is 54.6 Å². The van der Waals surface area contributed by atoms with Crippen LogP contribution in [-0.4, -0.2) is 41.3 Å². The predicted octanol–water partition coefficient (Wildman–Crippen LogP) is 2.81. The van der Waals surface area contributed by atoms with Gasteiger partial charge in [0.2, 0.25) is 5.91 Å². The topological polar surface area (TPSA) is 92.6 Å². The van der Waals surface area contributed by atoms with Gasteiger partial charge in [0.15, 0.2) is 0 Å². The summed E-state index contributed by atoms with van der Waals surface area (Å²) in [6.45, 7) is 1.33. The lowest BCUT2D eigenvalue weighted by Gasteiger charge is -2.32. The van der Waals surface area contributed by atoms with Gasteiger partial charge in [0.05, 0.1) is 11.5 Å². The van der Waals surface area contributed by atoms with E-state index >= 15 is 0 Å². The van der Waals surface area contributed by atoms with Gasteiger partial charge >= 0.3 is 0 Å². The van der Waals surface area contributed by atoms with Crippen LogP contribution in [0.3, 0.4) is 0 Å². The highest BCUT2D eigenvalue weighted by atomic mass is 16.6. The smallest absolute Gasteiger partial charge is 0.269 e. The van der Waals surface area contributed by atoms with Crippen molar-refractivity contribution in [2.24, 2.45) is 5.92 Å². The lowest BCUT2D eigenvalue weighted by molar-refractivity contribution is -0.384. The van der Waals surface area contributed by atoms with E-state index in [1.165, 1.54) is 29.8 Å². The number of hydrogen-bond donors (Lipinski definition) is 1. The van der Waals surface area contributed by atoms with Gasteiger partial charge in [0.25, 0.3) is 11.6 Å². The van der Waals surface area contributed by atoms with Crippen molar-refractivity contribution in [1.82, 2.24) is 10.2 Å². The van der Waals surface area contributed by atoms with Gasteiger partial charge in [-0.1, -0.05) is 30.3 Å². The normalized spacial score (nSPS) is 14.5. The van der Waals surface area contributed by atoms with Crippen molar-refractivity contribution >= 4 is 17.5 Å². The Labute approximate surface area is 163 Å². The Balaban J connectivity index is 1.43. The van der Waals surface area contributed by atoms with Crippen LogP contribution in [0.1, 0.15) is 28.8 Å². The summed E-state index contributed by atoms with van der Waals surface area (Å²) < 4.78 is 0. The zero-order valence-electron chi connectivity index (χ0n) is 15.5. The van der Waals surface area contributed by atoms with E-state index in [-0.39, 0.29) is 18.1 Å². The maximum absolute atomic E-state index is 12.4. The quantitative estimate of drug-likeness (QED) is 0.615. The third-order valence-corrected chi connectivity index (χ3v) is 5.07. The number of non-ortho nitro benzene ring substituents is 1. The fourth-order valence-electron chi connectivity index (χ4n) is 3.44. The minimum Gasteiger partial charge on any atom is -0.343 e. The van der Waals surface area contributed by atoms with Crippen LogP contribution < -0.4 is 5.32 Å². The molecular weight excluding hydrogens is 358 g/mol. The van der Waals surface area contributed by atoms with Gasteiger partial charge in [0, 0.05) is 30.8 Å². The molecule has 1 fully saturated rings. The van der Waals surface area contributed by atoms with E-state index in [0.29, 0.717) is 24.6 Å². The summed E-state index contributed by atoms with van der Waals surface area (Å²) in [5.74, 6) is 0.0526. The SMILES string of the molecule is O=C(NCC(=O)N1CCC(Cc2ccccc2)CC1)c1ccc([N+](=O)[O-])cc1. The van der Waals surface area contributed by atoms with Crippen LogP contribution >= 0.6 is 0 Å². The van der Waals surface area contributed by atoms with Gasteiger partial charge in [0.1, 0.15) is 0 Å². The third-order valence-electron chi connectivity index (χ3n) is 5.07. The number of nitro benzene ring substituents is 1. The predicted molar refractivity (Wildman–Crippen MR) is 105 cm³/mol. The Morgan fingerprint density at radius 1 is 1.04 bits per heavy atom. The average Bonchev–Trinajstić information content (AvgIpc) is 2.73. The second kappa shape index (κ2) is 9.12. The number of hydrogen-bond acceptors (Lipinski definition) is 4. The molecular formula is C21H23N3O4. The highest BCUT2D eigenvalue weighted by Gasteiger charge is 2.23. The molecule has 0 aliphatic carbocycles. The van der Waals surface area contributed by atoms with Crippen molar-refractivity contribution in [2.45, 2.75) is 19.3 Å². The molecule has 1 heterocycles. The Hall–Kier alpha value is -3.22. The zero-order valence-corrected chi connectivity index (χ0v) is 15.5. The Bertz CT molecular complexity index is 828. The Morgan fingerprint density at radius 3 is 2.29 bits per heavy atom. The second-order valence-corrected chi connectivity index (χ2v) is 7.00. The largest absolute Gasteiger partial charge is 0.343 e. The number of piperidine rings is 1. The summed E-state index contributed by atoms with van der Waals surface area (Å²) in [5, 5.41) is 13.2. The average molecular weight is 381 g/mol. The molecule has 3 rings (SSSR count). The van der Waals surface area contributed by atoms with Gasteiger partial charge in [-0.15, -0.1) is 0 Å². The van der Waals surface area contributed by atoms with E-state index in [9.17, 15) is 19.7 Å². The molecule has 0 radical (unpaired) electrons. The molecule has 0 bridgehead atoms. The van der Waals surface area contributed by atoms with Crippen molar-refractivity contribution in [3.8, 4) is 0 Å². The summed E-state index contributed by atoms with van der Waals surface area (Å²) >= 11 is 0. The first-order chi connectivity index (χ1) is 13.5. The molecule has 146 valence electrons. The van der Waals surface area contributed by atoms with Gasteiger partial charge in [-0.25, -0.2) is 0 Å². The minimum atomic E-state index is -0.521. The lowest BCUT2D eigenvalue weighted by atomic mass is 9.90. The fraction of sp³-hybridized carbons (Fsp3) is 0.333. The van der Waals surface area contributed by atoms with E-state index in [4.69, 9.17) is 0 Å². The second-order valence-electron chi connectivity index (χ2n) is 7.00. The number of amides is 2. The first-order valence-corrected chi connectivity index (χ1v) is 9.37. The first kappa shape index (κ1) is 19.5. The van der Waals surface area contributed by atoms with Gasteiger partial charge in [-0.3, -0.25) is 19.7 Å². The maximum Gasteiger partial charge on any atom is 0.269 e. The van der Waals surface area contributed by atoms with Crippen molar-refractivity contribution < 1.29 is 14.5 Å². The number of likely N-dealkylation sites (tertiary alicyclic amines) is 1. The van der Waals surface area contributed by atoms with Gasteiger partial charge < -0.3 is 10.2 Å². The van der Waals surface area contributed by atoms with Gasteiger partial charge in [-0.2, -0.15) is 0 Å². The standard InChI is InChI=1S/C21H23N3O4/c25-20(15-22-21(26)18-6-8-19(9-7-18)24(27)28)23-12-10-17(11-13-23)14-16-4-2-1-3-5-16/h1-9,17H,10-15H2,(H,22,26). The molecule has 2 aromatic rings. The number of nitrogens with one attached hydrogen (secondary N) is 1. The van der Waals surface area contributed by atoms with Gasteiger partial charge in [-0.05, 0) is 42.9 Å². The van der Waals surface area contributed by atoms with E-state index in [0.717, 1.165) is 19.3 Å². The van der Waals surface area contributed by atoms with Crippen LogP contribution in [-0.2, 0) is 11.2 Å². The first-order valence-electron chi connectivity index (χ1n) is 9.37. The Morgan fingerprint density at radius 2 is 1.68 bits per heavy atom. The van der Waals surface area contributed by atoms with Crippen LogP contribution in [0.2, 0.25) is 0 Å². The lowest BCUT2D eigenvalue weighted by Crippen LogP contribution is -2.44. The maximum atomic E-state index is 12.4. The van der Waals surface area contributed by atoms with Crippen molar-refractivity contribution in [1.29, 1.82) is 0 Å². The van der Waals surface area contributed by atoms with Crippen molar-refractivity contribution in [2.75, 3.05) is 19.6 Å². The van der Waals surface area contributed by atoms with Crippen LogP contribution in [0, 0.1) is 16.0 Å². The molecule has 2 amide bonds. The van der Waals surface area contributed by atoms with Crippen molar-refractivity contribution in [3.63, 3.8) is 0 Å². The number of benzene rings is 2. The van der Waals surface area contributed by atoms with E-state index in [1.807, 2.05) is 18.2 Å². The fourth-order valence-corrected chi connectivity index (χ4v) is 3.44. The number of rotatable bonds is 6. The van der Waals surface area contributed by atoms with Crippen LogP contribution in [0.5, 0.6) is 0 Å². The van der Waals surface area contributed by atoms with Crippen molar-refractivity contribution in [3.05, 3.63) is 75.8 Å². The monoisotopic (exact) mass is 381 g/mol. The Kier molecular flexibility index (Phi) is 6.37.